The number of pyridine rings is 1. The van der Waals surface area contributed by atoms with E-state index < -0.39 is 0 Å². The average molecular weight is 477 g/mol. The topological polar surface area (TPSA) is 71.7 Å². The Kier molecular flexibility index (Phi) is 6.22. The number of carbonyl (C=O) groups excluding carboxylic acids is 1. The Labute approximate surface area is 202 Å². The first-order chi connectivity index (χ1) is 16.5. The molecule has 34 heavy (non-hydrogen) atoms. The molecule has 5 rings (SSSR count). The number of nitrogens with zero attached hydrogens (tertiary/aromatic N) is 4. The second kappa shape index (κ2) is 9.44. The van der Waals surface area contributed by atoms with E-state index in [1.807, 2.05) is 66.4 Å². The maximum atomic E-state index is 13.6. The predicted molar refractivity (Wildman–Crippen MR) is 131 cm³/mol. The van der Waals surface area contributed by atoms with E-state index in [1.54, 1.807) is 7.11 Å². The van der Waals surface area contributed by atoms with Crippen molar-refractivity contribution >= 4 is 28.6 Å². The zero-order chi connectivity index (χ0) is 23.7. The molecule has 1 aliphatic rings. The molecule has 174 valence electrons. The average Bonchev–Trinajstić information content (AvgIpc) is 3.25. The van der Waals surface area contributed by atoms with Gasteiger partial charge in [0.1, 0.15) is 5.75 Å². The molecule has 3 heterocycles. The lowest BCUT2D eigenvalue weighted by Crippen LogP contribution is -2.48. The largest absolute Gasteiger partial charge is 0.497 e. The van der Waals surface area contributed by atoms with Crippen molar-refractivity contribution in [3.63, 3.8) is 0 Å². The predicted octanol–water partition coefficient (Wildman–Crippen LogP) is 4.82. The van der Waals surface area contributed by atoms with Gasteiger partial charge in [0.05, 0.1) is 29.4 Å². The van der Waals surface area contributed by atoms with E-state index in [9.17, 15) is 4.79 Å². The molecule has 0 N–H and O–H groups in total. The van der Waals surface area contributed by atoms with Crippen LogP contribution in [0.4, 0.5) is 0 Å². The van der Waals surface area contributed by atoms with Crippen molar-refractivity contribution in [3.8, 4) is 17.0 Å². The molecule has 0 bridgehead atoms. The van der Waals surface area contributed by atoms with Crippen LogP contribution < -0.4 is 4.74 Å². The summed E-state index contributed by atoms with van der Waals surface area (Å²) in [5.41, 5.74) is 4.22. The van der Waals surface area contributed by atoms with E-state index in [2.05, 4.69) is 15.0 Å². The number of aromatic nitrogens is 2. The molecule has 1 saturated heterocycles. The first-order valence-electron chi connectivity index (χ1n) is 11.2. The summed E-state index contributed by atoms with van der Waals surface area (Å²) in [4.78, 5) is 22.5. The zero-order valence-electron chi connectivity index (χ0n) is 19.1. The third kappa shape index (κ3) is 4.36. The molecule has 0 radical (unpaired) electrons. The lowest BCUT2D eigenvalue weighted by molar-refractivity contribution is 0.0630. The first-order valence-corrected chi connectivity index (χ1v) is 11.6. The fourth-order valence-corrected chi connectivity index (χ4v) is 4.52. The van der Waals surface area contributed by atoms with Crippen LogP contribution in [0.1, 0.15) is 21.6 Å². The molecule has 0 aliphatic carbocycles. The van der Waals surface area contributed by atoms with Gasteiger partial charge in [-0.3, -0.25) is 9.69 Å². The quantitative estimate of drug-likeness (QED) is 0.411. The number of benzene rings is 2. The van der Waals surface area contributed by atoms with E-state index in [0.717, 1.165) is 41.5 Å². The highest BCUT2D eigenvalue weighted by molar-refractivity contribution is 6.31. The number of hydrogen-bond acceptors (Lipinski definition) is 6. The molecule has 7 nitrogen and oxygen atoms in total. The summed E-state index contributed by atoms with van der Waals surface area (Å²) >= 11 is 6.33. The van der Waals surface area contributed by atoms with Gasteiger partial charge in [-0.05, 0) is 48.9 Å². The molecule has 0 unspecified atom stereocenters. The highest BCUT2D eigenvalue weighted by atomic mass is 35.5. The molecule has 0 saturated carbocycles. The maximum Gasteiger partial charge on any atom is 0.259 e. The minimum Gasteiger partial charge on any atom is -0.497 e. The summed E-state index contributed by atoms with van der Waals surface area (Å²) in [6, 6.07) is 17.3. The molecule has 2 aromatic carbocycles. The van der Waals surface area contributed by atoms with Gasteiger partial charge >= 0.3 is 0 Å². The summed E-state index contributed by atoms with van der Waals surface area (Å²) in [5.74, 6) is 0.720. The number of rotatable bonds is 5. The Hall–Kier alpha value is -3.42. The molecule has 1 aliphatic heterocycles. The van der Waals surface area contributed by atoms with Crippen LogP contribution in [0.5, 0.6) is 5.75 Å². The molecule has 2 aromatic heterocycles. The van der Waals surface area contributed by atoms with E-state index in [1.165, 1.54) is 0 Å². The number of carbonyl (C=O) groups is 1. The molecule has 1 amide bonds. The van der Waals surface area contributed by atoms with Gasteiger partial charge in [-0.1, -0.05) is 35.0 Å². The third-order valence-corrected chi connectivity index (χ3v) is 6.61. The maximum absolute atomic E-state index is 13.6. The smallest absolute Gasteiger partial charge is 0.259 e. The van der Waals surface area contributed by atoms with Crippen LogP contribution >= 0.6 is 11.6 Å². The van der Waals surface area contributed by atoms with Gasteiger partial charge in [-0.15, -0.1) is 0 Å². The van der Waals surface area contributed by atoms with Crippen molar-refractivity contribution in [2.75, 3.05) is 33.3 Å². The minimum atomic E-state index is -0.0362. The van der Waals surface area contributed by atoms with Gasteiger partial charge in [-0.25, -0.2) is 4.98 Å². The number of piperazine rings is 1. The van der Waals surface area contributed by atoms with Crippen molar-refractivity contribution in [1.29, 1.82) is 0 Å². The number of hydrogen-bond donors (Lipinski definition) is 0. The van der Waals surface area contributed by atoms with Crippen molar-refractivity contribution in [2.24, 2.45) is 0 Å². The minimum absolute atomic E-state index is 0.0362. The normalized spacial score (nSPS) is 14.5. The summed E-state index contributed by atoms with van der Waals surface area (Å²) < 4.78 is 10.7. The first kappa shape index (κ1) is 22.4. The lowest BCUT2D eigenvalue weighted by Gasteiger charge is -2.35. The van der Waals surface area contributed by atoms with E-state index >= 15 is 0 Å². The third-order valence-electron chi connectivity index (χ3n) is 6.24. The SMILES string of the molecule is COc1ccc(-c2cc(C(=O)N3CCN(Cc4ccccc4Cl)CC3)c3c(C)noc3n2)cc1. The summed E-state index contributed by atoms with van der Waals surface area (Å²) in [5, 5.41) is 5.50. The number of fused-ring (bicyclic) bond motifs is 1. The van der Waals surface area contributed by atoms with E-state index in [4.69, 9.17) is 20.9 Å². The Morgan fingerprint density at radius 1 is 1.09 bits per heavy atom. The van der Waals surface area contributed by atoms with E-state index in [0.29, 0.717) is 41.1 Å². The summed E-state index contributed by atoms with van der Waals surface area (Å²) in [7, 11) is 1.63. The van der Waals surface area contributed by atoms with Crippen molar-refractivity contribution in [1.82, 2.24) is 19.9 Å². The van der Waals surface area contributed by atoms with Crippen LogP contribution in [0.2, 0.25) is 5.02 Å². The summed E-state index contributed by atoms with van der Waals surface area (Å²) in [6.45, 7) is 5.43. The van der Waals surface area contributed by atoms with Gasteiger partial charge in [0.15, 0.2) is 0 Å². The number of aryl methyl sites for hydroxylation is 1. The number of halogens is 1. The van der Waals surface area contributed by atoms with Gasteiger partial charge in [0.25, 0.3) is 11.6 Å². The highest BCUT2D eigenvalue weighted by Crippen LogP contribution is 2.29. The van der Waals surface area contributed by atoms with Crippen LogP contribution in [0, 0.1) is 6.92 Å². The van der Waals surface area contributed by atoms with E-state index in [-0.39, 0.29) is 5.91 Å². The van der Waals surface area contributed by atoms with Crippen LogP contribution in [-0.4, -0.2) is 59.1 Å². The van der Waals surface area contributed by atoms with Crippen LogP contribution in [0.3, 0.4) is 0 Å². The summed E-state index contributed by atoms with van der Waals surface area (Å²) in [6.07, 6.45) is 0. The molecule has 0 spiro atoms. The zero-order valence-corrected chi connectivity index (χ0v) is 19.9. The second-order valence-corrected chi connectivity index (χ2v) is 8.80. The number of ether oxygens (including phenoxy) is 1. The molecule has 8 heteroatoms. The van der Waals surface area contributed by atoms with Crippen LogP contribution in [0.15, 0.2) is 59.1 Å². The molecule has 0 atom stereocenters. The second-order valence-electron chi connectivity index (χ2n) is 8.39. The molecule has 1 fully saturated rings. The Balaban J connectivity index is 1.38. The van der Waals surface area contributed by atoms with Crippen molar-refractivity contribution in [2.45, 2.75) is 13.5 Å². The number of methoxy groups -OCH3 is 1. The monoisotopic (exact) mass is 476 g/mol. The Morgan fingerprint density at radius 2 is 1.82 bits per heavy atom. The fraction of sp³-hybridized carbons (Fsp3) is 0.269. The number of amides is 1. The Bertz CT molecular complexity index is 1330. The van der Waals surface area contributed by atoms with Crippen molar-refractivity contribution in [3.05, 3.63) is 76.4 Å². The molecule has 4 aromatic rings. The van der Waals surface area contributed by atoms with Crippen molar-refractivity contribution < 1.29 is 14.1 Å². The molecular weight excluding hydrogens is 452 g/mol. The Morgan fingerprint density at radius 3 is 2.53 bits per heavy atom. The fourth-order valence-electron chi connectivity index (χ4n) is 4.32. The highest BCUT2D eigenvalue weighted by Gasteiger charge is 2.26. The lowest BCUT2D eigenvalue weighted by atomic mass is 10.0. The van der Waals surface area contributed by atoms with Crippen LogP contribution in [-0.2, 0) is 6.54 Å². The van der Waals surface area contributed by atoms with Gasteiger partial charge in [-0.2, -0.15) is 0 Å². The van der Waals surface area contributed by atoms with Gasteiger partial charge in [0.2, 0.25) is 0 Å². The molecular formula is C26H25ClN4O3. The van der Waals surface area contributed by atoms with Gasteiger partial charge in [0, 0.05) is 43.3 Å². The van der Waals surface area contributed by atoms with Gasteiger partial charge < -0.3 is 14.2 Å². The van der Waals surface area contributed by atoms with Crippen LogP contribution in [0.25, 0.3) is 22.4 Å². The standard InChI is InChI=1S/C26H25ClN4O3/c1-17-24-21(15-23(28-25(24)34-29-17)18-7-9-20(33-2)10-8-18)26(32)31-13-11-30(12-14-31)16-19-5-3-4-6-22(19)27/h3-10,15H,11-14,16H2,1-2H3.